The van der Waals surface area contributed by atoms with Crippen molar-refractivity contribution in [1.82, 2.24) is 5.48 Å². The van der Waals surface area contributed by atoms with Crippen molar-refractivity contribution in [2.45, 2.75) is 491 Å². The zero-order valence-corrected chi connectivity index (χ0v) is 57.5. The summed E-state index contributed by atoms with van der Waals surface area (Å²) in [5.41, 5.74) is 3.83. The maximum absolute atomic E-state index is 12.8. The van der Waals surface area contributed by atoms with Gasteiger partial charge in [0.15, 0.2) is 0 Å². The van der Waals surface area contributed by atoms with E-state index in [1.807, 2.05) is 0 Å². The van der Waals surface area contributed by atoms with Gasteiger partial charge in [-0.1, -0.05) is 440 Å². The van der Waals surface area contributed by atoms with Crippen molar-refractivity contribution in [1.29, 1.82) is 0 Å². The number of rotatable bonds is 71. The molecule has 0 fully saturated rings. The number of nitrogens with one attached hydrogen (secondary N) is 1. The summed E-state index contributed by atoms with van der Waals surface area (Å²) in [5.74, 6) is 0. The molecule has 0 saturated carbocycles. The fraction of sp³-hybridized carbons (Fsp3) is 1.00. The van der Waals surface area contributed by atoms with Gasteiger partial charge in [-0.2, -0.15) is 5.48 Å². The summed E-state index contributed by atoms with van der Waals surface area (Å²) >= 11 is 0. The first-order chi connectivity index (χ1) is 39.5. The van der Waals surface area contributed by atoms with E-state index in [1.54, 1.807) is 0 Å². The summed E-state index contributed by atoms with van der Waals surface area (Å²) in [6.45, 7) is 16.6. The first-order valence-corrected chi connectivity index (χ1v) is 38.9. The standard InChI is InChI=1S/C78H159NO/c1-8-15-22-29-36-43-44-45-46-47-50-57-64-71-76(69-62-55-48-37-30-23-16-9-2,70-63-56-49-38-31-24-17-10-3)77(72-65-58-51-39-32-25-18-11-4,73-66-59-52-40-33-26-19-12-5)78(79-80,74-67-60-53-41-34-27-20-13-6)75-68-61-54-42-35-28-21-14-7/h79-80H,8-75H2,1-7H3. The molecule has 0 radical (unpaired) electrons. The number of hydrogen-bond acceptors (Lipinski definition) is 2. The van der Waals surface area contributed by atoms with Crippen LogP contribution in [0.4, 0.5) is 0 Å². The van der Waals surface area contributed by atoms with Gasteiger partial charge in [0.1, 0.15) is 0 Å². The first kappa shape index (κ1) is 79.9. The van der Waals surface area contributed by atoms with Crippen LogP contribution < -0.4 is 5.48 Å². The van der Waals surface area contributed by atoms with Crippen LogP contribution in [-0.4, -0.2) is 10.7 Å². The van der Waals surface area contributed by atoms with Crippen LogP contribution in [0.5, 0.6) is 0 Å². The minimum atomic E-state index is -0.212. The Kier molecular flexibility index (Phi) is 63.4. The molecule has 0 unspecified atom stereocenters. The van der Waals surface area contributed by atoms with Gasteiger partial charge in [-0.3, -0.25) is 0 Å². The van der Waals surface area contributed by atoms with Gasteiger partial charge in [0.25, 0.3) is 0 Å². The third-order valence-corrected chi connectivity index (χ3v) is 20.8. The highest BCUT2D eigenvalue weighted by molar-refractivity contribution is 5.12. The fourth-order valence-corrected chi connectivity index (χ4v) is 15.5. The average Bonchev–Trinajstić information content (AvgIpc) is 3.66. The van der Waals surface area contributed by atoms with E-state index < -0.39 is 0 Å². The van der Waals surface area contributed by atoms with Crippen molar-refractivity contribution in [3.63, 3.8) is 0 Å². The summed E-state index contributed by atoms with van der Waals surface area (Å²) in [6, 6.07) is 0. The van der Waals surface area contributed by atoms with E-state index in [2.05, 4.69) is 53.9 Å². The van der Waals surface area contributed by atoms with Gasteiger partial charge < -0.3 is 5.21 Å². The molecule has 0 amide bonds. The molecule has 0 atom stereocenters. The third kappa shape index (κ3) is 43.5. The molecule has 0 spiro atoms. The lowest BCUT2D eigenvalue weighted by Gasteiger charge is -2.62. The van der Waals surface area contributed by atoms with Gasteiger partial charge in [0, 0.05) is 5.54 Å². The van der Waals surface area contributed by atoms with Crippen LogP contribution in [-0.2, 0) is 0 Å². The summed E-state index contributed by atoms with van der Waals surface area (Å²) in [7, 11) is 0. The Bertz CT molecular complexity index is 1070. The van der Waals surface area contributed by atoms with E-state index >= 15 is 0 Å². The molecular formula is C78H159NO. The first-order valence-electron chi connectivity index (χ1n) is 38.9. The monoisotopic (exact) mass is 1130 g/mol. The molecule has 482 valence electrons. The van der Waals surface area contributed by atoms with Crippen molar-refractivity contribution < 1.29 is 5.21 Å². The van der Waals surface area contributed by atoms with E-state index in [0.29, 0.717) is 0 Å². The maximum Gasteiger partial charge on any atom is 0.0491 e. The van der Waals surface area contributed by atoms with Crippen LogP contribution in [0.25, 0.3) is 0 Å². The van der Waals surface area contributed by atoms with Crippen LogP contribution in [0.1, 0.15) is 485 Å². The van der Waals surface area contributed by atoms with Gasteiger partial charge in [0.2, 0.25) is 0 Å². The molecule has 80 heavy (non-hydrogen) atoms. The summed E-state index contributed by atoms with van der Waals surface area (Å²) < 4.78 is 0. The predicted octanol–water partition coefficient (Wildman–Crippen LogP) is 29.3. The molecule has 2 heteroatoms. The second kappa shape index (κ2) is 63.4. The van der Waals surface area contributed by atoms with E-state index in [9.17, 15) is 5.21 Å². The van der Waals surface area contributed by atoms with Crippen molar-refractivity contribution in [3.8, 4) is 0 Å². The molecule has 0 bridgehead atoms. The van der Waals surface area contributed by atoms with Gasteiger partial charge in [-0.15, -0.1) is 0 Å². The van der Waals surface area contributed by atoms with Gasteiger partial charge in [-0.05, 0) is 55.8 Å². The molecule has 0 heterocycles. The molecule has 0 aliphatic carbocycles. The number of hydroxylamine groups is 1. The molecule has 2 nitrogen and oxygen atoms in total. The highest BCUT2D eigenvalue weighted by Gasteiger charge is 2.60. The molecule has 2 N–H and O–H groups in total. The second-order valence-corrected chi connectivity index (χ2v) is 27.9. The van der Waals surface area contributed by atoms with E-state index in [4.69, 9.17) is 0 Å². The Morgan fingerprint density at radius 1 is 0.175 bits per heavy atom. The molecule has 0 rings (SSSR count). The fourth-order valence-electron chi connectivity index (χ4n) is 15.5. The quantitative estimate of drug-likeness (QED) is 0.0470. The van der Waals surface area contributed by atoms with Crippen molar-refractivity contribution in [2.75, 3.05) is 0 Å². The Morgan fingerprint density at radius 3 is 0.475 bits per heavy atom. The molecule has 0 aromatic heterocycles. The van der Waals surface area contributed by atoms with Crippen LogP contribution in [0, 0.1) is 10.8 Å². The number of hydrogen-bond donors (Lipinski definition) is 2. The molecule has 0 aromatic carbocycles. The topological polar surface area (TPSA) is 32.3 Å². The van der Waals surface area contributed by atoms with Gasteiger partial charge in [0.05, 0.1) is 0 Å². The largest absolute Gasteiger partial charge is 0.316 e. The SMILES string of the molecule is CCCCCCCCCCCCCCCC(CCCCCCCCCC)(CCCCCCCCCC)C(CCCCCCCCCC)(CCCCCCCCCC)C(CCCCCCCCCC)(CCCCCCCCCC)NO. The van der Waals surface area contributed by atoms with Gasteiger partial charge in [-0.25, -0.2) is 0 Å². The molecule has 0 aliphatic heterocycles. The Hall–Kier alpha value is -0.0800. The molecule has 0 aliphatic rings. The van der Waals surface area contributed by atoms with E-state index in [0.717, 1.165) is 0 Å². The zero-order chi connectivity index (χ0) is 58.3. The predicted molar refractivity (Wildman–Crippen MR) is 366 cm³/mol. The highest BCUT2D eigenvalue weighted by Crippen LogP contribution is 2.64. The van der Waals surface area contributed by atoms with Crippen LogP contribution in [0.15, 0.2) is 0 Å². The Labute approximate surface area is 509 Å². The summed E-state index contributed by atoms with van der Waals surface area (Å²) in [5, 5.41) is 12.8. The van der Waals surface area contributed by atoms with Crippen molar-refractivity contribution in [3.05, 3.63) is 0 Å². The highest BCUT2D eigenvalue weighted by atomic mass is 16.5. The lowest BCUT2D eigenvalue weighted by molar-refractivity contribution is -0.145. The second-order valence-electron chi connectivity index (χ2n) is 27.9. The van der Waals surface area contributed by atoms with Crippen LogP contribution in [0.3, 0.4) is 0 Å². The normalized spacial score (nSPS) is 12.4. The molecular weight excluding hydrogens is 967 g/mol. The number of unbranched alkanes of at least 4 members (excludes halogenated alkanes) is 54. The zero-order valence-electron chi connectivity index (χ0n) is 57.5. The Balaban J connectivity index is 7.78. The minimum absolute atomic E-state index is 0.112. The minimum Gasteiger partial charge on any atom is -0.316 e. The lowest BCUT2D eigenvalue weighted by atomic mass is 9.45. The summed E-state index contributed by atoms with van der Waals surface area (Å²) in [6.07, 6.45) is 95.1. The van der Waals surface area contributed by atoms with E-state index in [1.165, 1.54) is 437 Å². The maximum atomic E-state index is 12.8. The molecule has 0 aromatic rings. The van der Waals surface area contributed by atoms with Crippen molar-refractivity contribution >= 4 is 0 Å². The lowest BCUT2D eigenvalue weighted by Crippen LogP contribution is -2.64. The third-order valence-electron chi connectivity index (χ3n) is 20.8. The van der Waals surface area contributed by atoms with E-state index in [-0.39, 0.29) is 16.4 Å². The van der Waals surface area contributed by atoms with Crippen molar-refractivity contribution in [2.24, 2.45) is 10.8 Å². The van der Waals surface area contributed by atoms with Crippen LogP contribution >= 0.6 is 0 Å². The molecule has 0 saturated heterocycles. The average molecular weight is 1130 g/mol. The smallest absolute Gasteiger partial charge is 0.0491 e. The van der Waals surface area contributed by atoms with Gasteiger partial charge >= 0.3 is 0 Å². The Morgan fingerprint density at radius 2 is 0.312 bits per heavy atom. The van der Waals surface area contributed by atoms with Crippen LogP contribution in [0.2, 0.25) is 0 Å². The summed E-state index contributed by atoms with van der Waals surface area (Å²) in [4.78, 5) is 0.